The van der Waals surface area contributed by atoms with E-state index in [0.29, 0.717) is 12.5 Å². The van der Waals surface area contributed by atoms with E-state index in [2.05, 4.69) is 0 Å². The highest BCUT2D eigenvalue weighted by Gasteiger charge is 2.53. The highest BCUT2D eigenvalue weighted by atomic mass is 16.7. The molecule has 0 saturated heterocycles. The predicted octanol–water partition coefficient (Wildman–Crippen LogP) is 2.98. The fourth-order valence-electron chi connectivity index (χ4n) is 4.40. The van der Waals surface area contributed by atoms with Gasteiger partial charge in [-0.1, -0.05) is 0 Å². The number of ether oxygens (including phenoxy) is 2. The van der Waals surface area contributed by atoms with Gasteiger partial charge in [0.15, 0.2) is 0 Å². The summed E-state index contributed by atoms with van der Waals surface area (Å²) in [6, 6.07) is 0. The molecule has 90 valence electrons. The first-order chi connectivity index (χ1) is 7.79. The van der Waals surface area contributed by atoms with E-state index >= 15 is 0 Å². The topological polar surface area (TPSA) is 35.5 Å². The molecule has 16 heavy (non-hydrogen) atoms. The van der Waals surface area contributed by atoms with Crippen molar-refractivity contribution in [2.75, 3.05) is 6.61 Å². The molecule has 5 atom stereocenters. The van der Waals surface area contributed by atoms with Crippen molar-refractivity contribution in [1.82, 2.24) is 0 Å². The van der Waals surface area contributed by atoms with Crippen LogP contribution in [0.3, 0.4) is 0 Å². The fourth-order valence-corrected chi connectivity index (χ4v) is 4.40. The molecule has 3 saturated carbocycles. The molecular formula is C13H20O3. The Morgan fingerprint density at radius 2 is 1.88 bits per heavy atom. The maximum absolute atomic E-state index is 11.4. The van der Waals surface area contributed by atoms with Crippen molar-refractivity contribution in [3.8, 4) is 0 Å². The van der Waals surface area contributed by atoms with E-state index in [1.165, 1.54) is 25.7 Å². The molecule has 3 fully saturated rings. The van der Waals surface area contributed by atoms with E-state index in [0.717, 1.165) is 24.2 Å². The van der Waals surface area contributed by atoms with Gasteiger partial charge in [0, 0.05) is 0 Å². The molecule has 0 spiro atoms. The zero-order valence-electron chi connectivity index (χ0n) is 9.85. The highest BCUT2D eigenvalue weighted by molar-refractivity contribution is 5.60. The second kappa shape index (κ2) is 3.94. The Labute approximate surface area is 96.5 Å². The molecular weight excluding hydrogens is 204 g/mol. The molecule has 3 aliphatic rings. The standard InChI is InChI=1S/C13H20O3/c1-2-15-13(14)16-12-7-8-3-4-10-9(8)5-6-11(10)12/h8-12H,2-7H2,1H3/t8-,9+,10-,11+,12-/m0/s1. The summed E-state index contributed by atoms with van der Waals surface area (Å²) in [6.07, 6.45) is 6.12. The van der Waals surface area contributed by atoms with Gasteiger partial charge in [-0.25, -0.2) is 4.79 Å². The van der Waals surface area contributed by atoms with Crippen molar-refractivity contribution in [3.63, 3.8) is 0 Å². The van der Waals surface area contributed by atoms with E-state index in [9.17, 15) is 4.79 Å². The molecule has 0 radical (unpaired) electrons. The van der Waals surface area contributed by atoms with Gasteiger partial charge in [0.2, 0.25) is 0 Å². The van der Waals surface area contributed by atoms with Gasteiger partial charge in [-0.15, -0.1) is 0 Å². The summed E-state index contributed by atoms with van der Waals surface area (Å²) >= 11 is 0. The molecule has 0 amide bonds. The average molecular weight is 224 g/mol. The SMILES string of the molecule is CCOC(=O)O[C@H]1C[C@@H]2CC[C@H]3[C@@H]2CC[C@H]31. The Hall–Kier alpha value is -0.730. The highest BCUT2D eigenvalue weighted by Crippen LogP contribution is 2.58. The van der Waals surface area contributed by atoms with Crippen molar-refractivity contribution >= 4 is 6.16 Å². The van der Waals surface area contributed by atoms with Crippen molar-refractivity contribution in [2.45, 2.75) is 45.1 Å². The van der Waals surface area contributed by atoms with Crippen LogP contribution in [0.1, 0.15) is 39.0 Å². The van der Waals surface area contributed by atoms with Gasteiger partial charge in [-0.2, -0.15) is 0 Å². The number of hydrogen-bond donors (Lipinski definition) is 0. The van der Waals surface area contributed by atoms with Gasteiger partial charge in [-0.3, -0.25) is 0 Å². The monoisotopic (exact) mass is 224 g/mol. The molecule has 0 N–H and O–H groups in total. The van der Waals surface area contributed by atoms with Crippen LogP contribution in [0.15, 0.2) is 0 Å². The smallest absolute Gasteiger partial charge is 0.435 e. The molecule has 4 bridgehead atoms. The maximum atomic E-state index is 11.4. The van der Waals surface area contributed by atoms with Gasteiger partial charge >= 0.3 is 6.16 Å². The third kappa shape index (κ3) is 1.52. The van der Waals surface area contributed by atoms with Gasteiger partial charge in [0.25, 0.3) is 0 Å². The van der Waals surface area contributed by atoms with Gasteiger partial charge in [0.1, 0.15) is 6.10 Å². The third-order valence-electron chi connectivity index (χ3n) is 4.93. The summed E-state index contributed by atoms with van der Waals surface area (Å²) in [7, 11) is 0. The number of hydrogen-bond acceptors (Lipinski definition) is 3. The van der Waals surface area contributed by atoms with Crippen LogP contribution >= 0.6 is 0 Å². The summed E-state index contributed by atoms with van der Waals surface area (Å²) in [5.74, 6) is 3.25. The lowest BCUT2D eigenvalue weighted by molar-refractivity contribution is -0.0248. The van der Waals surface area contributed by atoms with Gasteiger partial charge < -0.3 is 9.47 Å². The lowest BCUT2D eigenvalue weighted by Crippen LogP contribution is -2.35. The van der Waals surface area contributed by atoms with Crippen LogP contribution in [0.25, 0.3) is 0 Å². The summed E-state index contributed by atoms with van der Waals surface area (Å²) in [5.41, 5.74) is 0. The number of carbonyl (C=O) groups is 1. The quantitative estimate of drug-likeness (QED) is 0.676. The Bertz CT molecular complexity index is 289. The van der Waals surface area contributed by atoms with Crippen molar-refractivity contribution in [3.05, 3.63) is 0 Å². The summed E-state index contributed by atoms with van der Waals surface area (Å²) in [5, 5.41) is 0. The Kier molecular flexibility index (Phi) is 2.56. The Balaban J connectivity index is 1.66. The van der Waals surface area contributed by atoms with Crippen LogP contribution in [-0.4, -0.2) is 18.9 Å². The van der Waals surface area contributed by atoms with Crippen LogP contribution < -0.4 is 0 Å². The summed E-state index contributed by atoms with van der Waals surface area (Å²) in [4.78, 5) is 11.4. The lowest BCUT2D eigenvalue weighted by Gasteiger charge is -2.34. The minimum absolute atomic E-state index is 0.148. The molecule has 0 unspecified atom stereocenters. The second-order valence-corrected chi connectivity index (χ2v) is 5.48. The first-order valence-electron chi connectivity index (χ1n) is 6.63. The molecule has 3 rings (SSSR count). The predicted molar refractivity (Wildman–Crippen MR) is 58.9 cm³/mol. The zero-order valence-corrected chi connectivity index (χ0v) is 9.85. The Morgan fingerprint density at radius 1 is 1.12 bits per heavy atom. The molecule has 3 aliphatic carbocycles. The van der Waals surface area contributed by atoms with E-state index < -0.39 is 6.16 Å². The second-order valence-electron chi connectivity index (χ2n) is 5.48. The first kappa shape index (κ1) is 10.4. The largest absolute Gasteiger partial charge is 0.508 e. The minimum atomic E-state index is -0.461. The van der Waals surface area contributed by atoms with Gasteiger partial charge in [-0.05, 0) is 62.7 Å². The summed E-state index contributed by atoms with van der Waals surface area (Å²) in [6.45, 7) is 2.23. The van der Waals surface area contributed by atoms with E-state index in [-0.39, 0.29) is 6.10 Å². The molecule has 3 heteroatoms. The number of carbonyl (C=O) groups excluding carboxylic acids is 1. The average Bonchev–Trinajstić information content (AvgIpc) is 2.71. The van der Waals surface area contributed by atoms with E-state index in [4.69, 9.17) is 9.47 Å². The van der Waals surface area contributed by atoms with Crippen molar-refractivity contribution in [1.29, 1.82) is 0 Å². The maximum Gasteiger partial charge on any atom is 0.508 e. The van der Waals surface area contributed by atoms with Crippen LogP contribution in [0.5, 0.6) is 0 Å². The first-order valence-corrected chi connectivity index (χ1v) is 6.63. The third-order valence-corrected chi connectivity index (χ3v) is 4.93. The molecule has 0 aliphatic heterocycles. The zero-order chi connectivity index (χ0) is 11.1. The molecule has 3 nitrogen and oxygen atoms in total. The lowest BCUT2D eigenvalue weighted by atomic mass is 9.77. The summed E-state index contributed by atoms with van der Waals surface area (Å²) < 4.78 is 10.4. The molecule has 0 aromatic heterocycles. The number of rotatable bonds is 2. The van der Waals surface area contributed by atoms with Gasteiger partial charge in [0.05, 0.1) is 6.61 Å². The van der Waals surface area contributed by atoms with Crippen LogP contribution in [-0.2, 0) is 9.47 Å². The minimum Gasteiger partial charge on any atom is -0.435 e. The van der Waals surface area contributed by atoms with Crippen LogP contribution in [0.4, 0.5) is 4.79 Å². The fraction of sp³-hybridized carbons (Fsp3) is 0.923. The molecule has 0 heterocycles. The molecule has 0 aromatic rings. The van der Waals surface area contributed by atoms with E-state index in [1.54, 1.807) is 0 Å². The van der Waals surface area contributed by atoms with Crippen LogP contribution in [0.2, 0.25) is 0 Å². The Morgan fingerprint density at radius 3 is 2.69 bits per heavy atom. The van der Waals surface area contributed by atoms with Crippen LogP contribution in [0, 0.1) is 23.7 Å². The normalized spacial score (nSPS) is 44.4. The molecule has 0 aromatic carbocycles. The van der Waals surface area contributed by atoms with E-state index in [1.807, 2.05) is 6.92 Å². The van der Waals surface area contributed by atoms with Crippen molar-refractivity contribution in [2.24, 2.45) is 23.7 Å². The van der Waals surface area contributed by atoms with Crippen molar-refractivity contribution < 1.29 is 14.3 Å².